The first-order chi connectivity index (χ1) is 19.4. The summed E-state index contributed by atoms with van der Waals surface area (Å²) in [7, 11) is -4.28. The molecular formula is C29H31Cl4N3O4S. The van der Waals surface area contributed by atoms with Gasteiger partial charge in [0, 0.05) is 23.1 Å². The molecule has 220 valence electrons. The zero-order chi connectivity index (χ0) is 30.3. The van der Waals surface area contributed by atoms with Crippen molar-refractivity contribution in [2.45, 2.75) is 44.7 Å². The van der Waals surface area contributed by atoms with Gasteiger partial charge in [-0.15, -0.1) is 0 Å². The van der Waals surface area contributed by atoms with Gasteiger partial charge >= 0.3 is 0 Å². The molecule has 1 atom stereocenters. The predicted octanol–water partition coefficient (Wildman–Crippen LogP) is 7.08. The number of rotatable bonds is 12. The number of sulfonamides is 1. The average molecular weight is 659 g/mol. The molecule has 0 bridgehead atoms. The summed E-state index contributed by atoms with van der Waals surface area (Å²) in [6.45, 7) is 5.38. The molecule has 7 nitrogen and oxygen atoms in total. The number of hydrogen-bond donors (Lipinski definition) is 1. The van der Waals surface area contributed by atoms with Crippen molar-refractivity contribution in [2.24, 2.45) is 5.92 Å². The van der Waals surface area contributed by atoms with Crippen molar-refractivity contribution < 1.29 is 18.0 Å². The van der Waals surface area contributed by atoms with Gasteiger partial charge in [0.2, 0.25) is 11.8 Å². The molecule has 0 aliphatic heterocycles. The van der Waals surface area contributed by atoms with Crippen molar-refractivity contribution in [3.05, 3.63) is 92.4 Å². The quantitative estimate of drug-likeness (QED) is 0.225. The molecule has 0 fully saturated rings. The molecule has 12 heteroatoms. The van der Waals surface area contributed by atoms with E-state index in [1.165, 1.54) is 29.2 Å². The zero-order valence-corrected chi connectivity index (χ0v) is 26.6. The lowest BCUT2D eigenvalue weighted by Crippen LogP contribution is -2.52. The molecule has 41 heavy (non-hydrogen) atoms. The van der Waals surface area contributed by atoms with E-state index in [-0.39, 0.29) is 45.4 Å². The maximum absolute atomic E-state index is 14.1. The Morgan fingerprint density at radius 3 is 2.20 bits per heavy atom. The fraction of sp³-hybridized carbons (Fsp3) is 0.310. The van der Waals surface area contributed by atoms with E-state index in [1.54, 1.807) is 49.4 Å². The summed E-state index contributed by atoms with van der Waals surface area (Å²) in [5.41, 5.74) is 0.566. The van der Waals surface area contributed by atoms with Gasteiger partial charge in [-0.3, -0.25) is 13.9 Å². The molecule has 0 aliphatic carbocycles. The molecule has 0 unspecified atom stereocenters. The molecular weight excluding hydrogens is 628 g/mol. The Morgan fingerprint density at radius 2 is 1.59 bits per heavy atom. The Labute approximate surface area is 261 Å². The summed E-state index contributed by atoms with van der Waals surface area (Å²) in [6.07, 6.45) is 0.268. The number of benzene rings is 3. The molecule has 3 aromatic rings. The number of anilines is 1. The monoisotopic (exact) mass is 657 g/mol. The first-order valence-electron chi connectivity index (χ1n) is 12.9. The molecule has 0 aliphatic rings. The van der Waals surface area contributed by atoms with Crippen molar-refractivity contribution >= 4 is 73.9 Å². The minimum absolute atomic E-state index is 0.0261. The Bertz CT molecular complexity index is 1490. The van der Waals surface area contributed by atoms with Crippen LogP contribution in [0.3, 0.4) is 0 Å². The van der Waals surface area contributed by atoms with E-state index in [2.05, 4.69) is 5.32 Å². The van der Waals surface area contributed by atoms with Crippen LogP contribution in [-0.2, 0) is 26.2 Å². The summed E-state index contributed by atoms with van der Waals surface area (Å²) in [6, 6.07) is 16.1. The minimum atomic E-state index is -4.28. The second-order valence-corrected chi connectivity index (χ2v) is 13.2. The maximum atomic E-state index is 14.1. The lowest BCUT2D eigenvalue weighted by molar-refractivity contribution is -0.140. The maximum Gasteiger partial charge on any atom is 0.264 e. The summed E-state index contributed by atoms with van der Waals surface area (Å²) in [5, 5.41) is 3.68. The minimum Gasteiger partial charge on any atom is -0.354 e. The fourth-order valence-corrected chi connectivity index (χ4v) is 6.46. The van der Waals surface area contributed by atoms with Crippen LogP contribution in [0.5, 0.6) is 0 Å². The number of nitrogens with one attached hydrogen (secondary N) is 1. The number of amides is 2. The average Bonchev–Trinajstić information content (AvgIpc) is 2.93. The molecule has 2 amide bonds. The third-order valence-corrected chi connectivity index (χ3v) is 9.41. The van der Waals surface area contributed by atoms with E-state index in [4.69, 9.17) is 46.4 Å². The van der Waals surface area contributed by atoms with Gasteiger partial charge in [0.25, 0.3) is 10.0 Å². The van der Waals surface area contributed by atoms with Crippen LogP contribution >= 0.6 is 46.4 Å². The zero-order valence-electron chi connectivity index (χ0n) is 22.8. The SMILES string of the molecule is CC[C@H](C(=O)NCC(C)C)N(Cc1ccc(Cl)cc1Cl)C(=O)CN(c1cccc(Cl)c1Cl)S(=O)(=O)c1ccccc1. The molecule has 0 saturated heterocycles. The van der Waals surface area contributed by atoms with Crippen LogP contribution in [-0.4, -0.2) is 44.3 Å². The lowest BCUT2D eigenvalue weighted by Gasteiger charge is -2.33. The third-order valence-electron chi connectivity index (χ3n) is 6.24. The molecule has 3 aromatic carbocycles. The number of nitrogens with zero attached hydrogens (tertiary/aromatic N) is 2. The fourth-order valence-electron chi connectivity index (χ4n) is 4.09. The van der Waals surface area contributed by atoms with Crippen molar-refractivity contribution in [2.75, 3.05) is 17.4 Å². The molecule has 0 heterocycles. The van der Waals surface area contributed by atoms with Crippen molar-refractivity contribution in [3.63, 3.8) is 0 Å². The highest BCUT2D eigenvalue weighted by atomic mass is 35.5. The van der Waals surface area contributed by atoms with Crippen molar-refractivity contribution in [3.8, 4) is 0 Å². The van der Waals surface area contributed by atoms with Crippen LogP contribution in [0.25, 0.3) is 0 Å². The molecule has 0 aromatic heterocycles. The van der Waals surface area contributed by atoms with Crippen LogP contribution in [0.15, 0.2) is 71.6 Å². The number of halogens is 4. The van der Waals surface area contributed by atoms with Gasteiger partial charge in [-0.05, 0) is 54.3 Å². The summed E-state index contributed by atoms with van der Waals surface area (Å²) >= 11 is 25.2. The van der Waals surface area contributed by atoms with E-state index >= 15 is 0 Å². The van der Waals surface area contributed by atoms with E-state index in [1.807, 2.05) is 13.8 Å². The molecule has 0 saturated carbocycles. The first-order valence-corrected chi connectivity index (χ1v) is 15.8. The normalized spacial score (nSPS) is 12.2. The smallest absolute Gasteiger partial charge is 0.264 e. The summed E-state index contributed by atoms with van der Waals surface area (Å²) in [4.78, 5) is 28.7. The number of carbonyl (C=O) groups is 2. The van der Waals surface area contributed by atoms with E-state index in [9.17, 15) is 18.0 Å². The highest BCUT2D eigenvalue weighted by molar-refractivity contribution is 7.92. The van der Waals surface area contributed by atoms with E-state index in [0.29, 0.717) is 22.2 Å². The lowest BCUT2D eigenvalue weighted by atomic mass is 10.1. The van der Waals surface area contributed by atoms with Crippen LogP contribution in [0.2, 0.25) is 20.1 Å². The van der Waals surface area contributed by atoms with Crippen LogP contribution in [0.4, 0.5) is 5.69 Å². The van der Waals surface area contributed by atoms with Crippen LogP contribution in [0, 0.1) is 5.92 Å². The van der Waals surface area contributed by atoms with Crippen LogP contribution < -0.4 is 9.62 Å². The van der Waals surface area contributed by atoms with Gasteiger partial charge in [0.05, 0.1) is 20.6 Å². The topological polar surface area (TPSA) is 86.8 Å². The third kappa shape index (κ3) is 8.30. The number of hydrogen-bond acceptors (Lipinski definition) is 4. The van der Waals surface area contributed by atoms with Gasteiger partial charge in [-0.1, -0.05) is 97.5 Å². The summed E-state index contributed by atoms with van der Waals surface area (Å²) in [5.74, 6) is -0.821. The molecule has 0 radical (unpaired) electrons. The van der Waals surface area contributed by atoms with Crippen molar-refractivity contribution in [1.82, 2.24) is 10.2 Å². The second-order valence-electron chi connectivity index (χ2n) is 9.72. The summed E-state index contributed by atoms with van der Waals surface area (Å²) < 4.78 is 28.7. The molecule has 1 N–H and O–H groups in total. The van der Waals surface area contributed by atoms with Crippen molar-refractivity contribution in [1.29, 1.82) is 0 Å². The Balaban J connectivity index is 2.10. The van der Waals surface area contributed by atoms with Gasteiger partial charge in [0.15, 0.2) is 0 Å². The number of carbonyl (C=O) groups excluding carboxylic acids is 2. The second kappa shape index (κ2) is 14.6. The standard InChI is InChI=1S/C29H31Cl4N3O4S/c1-4-25(29(38)34-16-19(2)3)35(17-20-13-14-21(30)15-24(20)32)27(37)18-36(26-12-8-11-23(31)28(26)33)41(39,40)22-9-6-5-7-10-22/h5-15,19,25H,4,16-18H2,1-3H3,(H,34,38)/t25-/m1/s1. The van der Waals surface area contributed by atoms with Gasteiger partial charge in [0.1, 0.15) is 12.6 Å². The Kier molecular flexibility index (Phi) is 11.8. The molecule has 3 rings (SSSR count). The largest absolute Gasteiger partial charge is 0.354 e. The Hall–Kier alpha value is -2.49. The Morgan fingerprint density at radius 1 is 0.902 bits per heavy atom. The van der Waals surface area contributed by atoms with Crippen LogP contribution in [0.1, 0.15) is 32.8 Å². The highest BCUT2D eigenvalue weighted by Crippen LogP contribution is 2.35. The van der Waals surface area contributed by atoms with Gasteiger partial charge in [-0.2, -0.15) is 0 Å². The van der Waals surface area contributed by atoms with E-state index in [0.717, 1.165) is 4.31 Å². The highest BCUT2D eigenvalue weighted by Gasteiger charge is 2.35. The predicted molar refractivity (Wildman–Crippen MR) is 166 cm³/mol. The van der Waals surface area contributed by atoms with Gasteiger partial charge in [-0.25, -0.2) is 8.42 Å². The first kappa shape index (κ1) is 33.0. The van der Waals surface area contributed by atoms with E-state index < -0.39 is 28.5 Å². The van der Waals surface area contributed by atoms with Gasteiger partial charge < -0.3 is 10.2 Å². The molecule has 0 spiro atoms.